The van der Waals surface area contributed by atoms with E-state index >= 15 is 0 Å². The van der Waals surface area contributed by atoms with Crippen LogP contribution in [0.15, 0.2) is 49.7 Å². The van der Waals surface area contributed by atoms with Crippen LogP contribution in [0.5, 0.6) is 0 Å². The first kappa shape index (κ1) is 23.8. The number of halogens is 3. The number of hydrogen-bond donors (Lipinski definition) is 1. The fourth-order valence-electron chi connectivity index (χ4n) is 6.56. The number of fused-ring (bicyclic) bond motifs is 2. The van der Waals surface area contributed by atoms with Crippen LogP contribution in [0.25, 0.3) is 17.4 Å². The molecule has 1 spiro atoms. The van der Waals surface area contributed by atoms with Crippen LogP contribution in [0, 0.1) is 11.3 Å². The molecule has 6 nitrogen and oxygen atoms in total. The van der Waals surface area contributed by atoms with Gasteiger partial charge in [-0.2, -0.15) is 0 Å². The van der Waals surface area contributed by atoms with E-state index in [1.54, 1.807) is 0 Å². The second kappa shape index (κ2) is 8.59. The van der Waals surface area contributed by atoms with Gasteiger partial charge in [-0.25, -0.2) is 18.2 Å². The third-order valence-corrected chi connectivity index (χ3v) is 8.54. The molecule has 0 radical (unpaired) electrons. The molecule has 38 heavy (non-hydrogen) atoms. The molecule has 198 valence electrons. The zero-order valence-corrected chi connectivity index (χ0v) is 21.2. The van der Waals surface area contributed by atoms with E-state index in [2.05, 4.69) is 45.0 Å². The predicted molar refractivity (Wildman–Crippen MR) is 141 cm³/mol. The minimum atomic E-state index is -2.50. The first-order valence-corrected chi connectivity index (χ1v) is 13.3. The van der Waals surface area contributed by atoms with Crippen LogP contribution in [0.2, 0.25) is 0 Å². The second-order valence-electron chi connectivity index (χ2n) is 11.7. The van der Waals surface area contributed by atoms with Gasteiger partial charge in [0.1, 0.15) is 11.8 Å². The summed E-state index contributed by atoms with van der Waals surface area (Å²) in [4.78, 5) is 13.5. The summed E-state index contributed by atoms with van der Waals surface area (Å²) >= 11 is 0. The van der Waals surface area contributed by atoms with Crippen molar-refractivity contribution < 1.29 is 13.2 Å². The van der Waals surface area contributed by atoms with Crippen LogP contribution in [0.4, 0.5) is 18.9 Å². The summed E-state index contributed by atoms with van der Waals surface area (Å²) < 4.78 is 41.9. The van der Waals surface area contributed by atoms with Crippen LogP contribution in [-0.2, 0) is 13.1 Å². The molecule has 4 aliphatic rings. The molecule has 3 aromatic rings. The molecule has 1 saturated heterocycles. The number of imidazole rings is 1. The summed E-state index contributed by atoms with van der Waals surface area (Å²) in [6.07, 6.45) is 12.6. The molecule has 7 rings (SSSR count). The first-order valence-electron chi connectivity index (χ1n) is 13.3. The number of hydrogen-bond acceptors (Lipinski definition) is 5. The van der Waals surface area contributed by atoms with Crippen molar-refractivity contribution in [1.29, 1.82) is 0 Å². The Bertz CT molecular complexity index is 1420. The fourth-order valence-corrected chi connectivity index (χ4v) is 6.56. The van der Waals surface area contributed by atoms with E-state index in [4.69, 9.17) is 4.98 Å². The summed E-state index contributed by atoms with van der Waals surface area (Å²) in [5.41, 5.74) is 6.55. The molecule has 2 aliphatic heterocycles. The van der Waals surface area contributed by atoms with Crippen molar-refractivity contribution in [3.8, 4) is 0 Å². The van der Waals surface area contributed by atoms with E-state index in [1.165, 1.54) is 0 Å². The third-order valence-electron chi connectivity index (χ3n) is 8.54. The summed E-state index contributed by atoms with van der Waals surface area (Å²) in [7, 11) is 0. The molecule has 0 unspecified atom stereocenters. The lowest BCUT2D eigenvalue weighted by molar-refractivity contribution is -0.170. The lowest BCUT2D eigenvalue weighted by Crippen LogP contribution is -2.66. The zero-order chi connectivity index (χ0) is 26.1. The maximum atomic E-state index is 13.4. The summed E-state index contributed by atoms with van der Waals surface area (Å²) in [5, 5.41) is 3.44. The number of rotatable bonds is 7. The average Bonchev–Trinajstić information content (AvgIpc) is 3.23. The van der Waals surface area contributed by atoms with Crippen molar-refractivity contribution in [2.45, 2.75) is 50.9 Å². The van der Waals surface area contributed by atoms with Gasteiger partial charge in [0, 0.05) is 79.5 Å². The van der Waals surface area contributed by atoms with Gasteiger partial charge >= 0.3 is 0 Å². The average molecular weight is 521 g/mol. The molecule has 0 aromatic carbocycles. The number of nitrogens with one attached hydrogen (secondary N) is 1. The Morgan fingerprint density at radius 1 is 1.11 bits per heavy atom. The van der Waals surface area contributed by atoms with Gasteiger partial charge < -0.3 is 19.5 Å². The Morgan fingerprint density at radius 3 is 2.68 bits per heavy atom. The lowest BCUT2D eigenvalue weighted by Gasteiger charge is -2.59. The van der Waals surface area contributed by atoms with Crippen molar-refractivity contribution in [2.24, 2.45) is 11.3 Å². The van der Waals surface area contributed by atoms with Gasteiger partial charge in [-0.1, -0.05) is 12.6 Å². The monoisotopic (exact) mass is 520 g/mol. The van der Waals surface area contributed by atoms with Crippen molar-refractivity contribution in [3.05, 3.63) is 72.1 Å². The highest BCUT2D eigenvalue weighted by Gasteiger charge is 2.61. The quantitative estimate of drug-likeness (QED) is 0.461. The van der Waals surface area contributed by atoms with Crippen molar-refractivity contribution in [2.75, 3.05) is 24.5 Å². The highest BCUT2D eigenvalue weighted by Crippen LogP contribution is 2.57. The van der Waals surface area contributed by atoms with Crippen molar-refractivity contribution in [1.82, 2.24) is 24.6 Å². The topological polar surface area (TPSA) is 48.7 Å². The third kappa shape index (κ3) is 4.17. The van der Waals surface area contributed by atoms with Crippen molar-refractivity contribution >= 4 is 23.1 Å². The van der Waals surface area contributed by atoms with Gasteiger partial charge in [0.15, 0.2) is 0 Å². The van der Waals surface area contributed by atoms with Gasteiger partial charge in [-0.05, 0) is 43.0 Å². The van der Waals surface area contributed by atoms with Gasteiger partial charge in [0.2, 0.25) is 5.92 Å². The van der Waals surface area contributed by atoms with E-state index in [1.807, 2.05) is 35.3 Å². The first-order chi connectivity index (χ1) is 18.3. The van der Waals surface area contributed by atoms with Gasteiger partial charge in [-0.3, -0.25) is 4.98 Å². The van der Waals surface area contributed by atoms with E-state index in [-0.39, 0.29) is 18.3 Å². The molecule has 3 aromatic heterocycles. The maximum Gasteiger partial charge on any atom is 0.249 e. The SMILES string of the molecule is C=C1c2cncc(N3CC4(C3)CC(F)(F)C4)c2C=CN1Cc1cn2cc(CNCC3CC(F)C3)ccc2n1. The molecule has 0 bridgehead atoms. The molecule has 0 atom stereocenters. The second-order valence-corrected chi connectivity index (χ2v) is 11.7. The molecule has 3 fully saturated rings. The Morgan fingerprint density at radius 2 is 1.92 bits per heavy atom. The van der Waals surface area contributed by atoms with E-state index < -0.39 is 12.1 Å². The molecule has 0 amide bonds. The largest absolute Gasteiger partial charge is 0.369 e. The minimum Gasteiger partial charge on any atom is -0.369 e. The normalized spacial score (nSPS) is 24.8. The van der Waals surface area contributed by atoms with Gasteiger partial charge in [0.25, 0.3) is 0 Å². The highest BCUT2D eigenvalue weighted by atomic mass is 19.3. The van der Waals surface area contributed by atoms with Crippen LogP contribution < -0.4 is 10.2 Å². The van der Waals surface area contributed by atoms with E-state index in [0.29, 0.717) is 38.4 Å². The number of alkyl halides is 3. The molecular weight excluding hydrogens is 489 g/mol. The highest BCUT2D eigenvalue weighted by molar-refractivity contribution is 5.83. The molecule has 1 N–H and O–H groups in total. The number of anilines is 1. The zero-order valence-electron chi connectivity index (χ0n) is 21.2. The van der Waals surface area contributed by atoms with E-state index in [0.717, 1.165) is 52.5 Å². The Labute approximate surface area is 219 Å². The van der Waals surface area contributed by atoms with Crippen LogP contribution in [-0.4, -0.2) is 51.0 Å². The maximum absolute atomic E-state index is 13.4. The predicted octanol–water partition coefficient (Wildman–Crippen LogP) is 5.26. The molecule has 9 heteroatoms. The van der Waals surface area contributed by atoms with Crippen molar-refractivity contribution in [3.63, 3.8) is 0 Å². The van der Waals surface area contributed by atoms with Crippen LogP contribution in [0.1, 0.15) is 48.1 Å². The van der Waals surface area contributed by atoms with Gasteiger partial charge in [0.05, 0.1) is 24.1 Å². The number of nitrogens with zero attached hydrogens (tertiary/aromatic N) is 5. The smallest absolute Gasteiger partial charge is 0.249 e. The number of pyridine rings is 2. The molecule has 5 heterocycles. The molecular formula is C29H31F3N6. The standard InChI is InChI=1S/C29H31F3N6/c1-19-25-10-34-11-26(38-17-28(18-38)15-29(31,32)16-28)24(25)4-5-36(19)13-23-14-37-12-20(2-3-27(37)35-23)8-33-9-21-6-22(30)7-21/h2-5,10-12,14,21-22,33H,1,6-9,13,15-18H2. The lowest BCUT2D eigenvalue weighted by atomic mass is 9.61. The summed E-state index contributed by atoms with van der Waals surface area (Å²) in [6, 6.07) is 4.09. The molecule has 2 saturated carbocycles. The Hall–Kier alpha value is -3.33. The van der Waals surface area contributed by atoms with Gasteiger partial charge in [-0.15, -0.1) is 0 Å². The number of aromatic nitrogens is 3. The minimum absolute atomic E-state index is 0.00634. The fraction of sp³-hybridized carbons (Fsp3) is 0.448. The summed E-state index contributed by atoms with van der Waals surface area (Å²) in [6.45, 7) is 7.81. The van der Waals surface area contributed by atoms with Crippen LogP contribution >= 0.6 is 0 Å². The Kier molecular flexibility index (Phi) is 5.37. The summed E-state index contributed by atoms with van der Waals surface area (Å²) in [5.74, 6) is -2.04. The molecule has 2 aliphatic carbocycles. The van der Waals surface area contributed by atoms with Crippen LogP contribution in [0.3, 0.4) is 0 Å². The van der Waals surface area contributed by atoms with E-state index in [9.17, 15) is 13.2 Å². The Balaban J connectivity index is 1.01.